The molecule has 0 bridgehead atoms. The van der Waals surface area contributed by atoms with E-state index in [1.165, 1.54) is 10.4 Å². The third-order valence-electron chi connectivity index (χ3n) is 3.26. The predicted octanol–water partition coefficient (Wildman–Crippen LogP) is 4.11. The number of aryl methyl sites for hydroxylation is 2. The summed E-state index contributed by atoms with van der Waals surface area (Å²) in [5.41, 5.74) is 9.06. The first-order valence-electron chi connectivity index (χ1n) is 7.04. The van der Waals surface area contributed by atoms with Gasteiger partial charge in [-0.2, -0.15) is 0 Å². The molecule has 4 heteroatoms. The first kappa shape index (κ1) is 14.9. The molecule has 0 spiro atoms. The Labute approximate surface area is 124 Å². The van der Waals surface area contributed by atoms with Gasteiger partial charge in [-0.1, -0.05) is 19.4 Å². The van der Waals surface area contributed by atoms with Crippen molar-refractivity contribution < 1.29 is 4.74 Å². The number of rotatable bonds is 6. The van der Waals surface area contributed by atoms with Gasteiger partial charge < -0.3 is 10.5 Å². The highest BCUT2D eigenvalue weighted by Gasteiger charge is 2.07. The number of hydrogen-bond donors (Lipinski definition) is 1. The monoisotopic (exact) mass is 290 g/mol. The Bertz CT molecular complexity index is 558. The van der Waals surface area contributed by atoms with Crippen molar-refractivity contribution in [3.05, 3.63) is 39.3 Å². The molecule has 2 aromatic rings. The fraction of sp³-hybridized carbons (Fsp3) is 0.438. The van der Waals surface area contributed by atoms with E-state index in [-0.39, 0.29) is 0 Å². The Morgan fingerprint density at radius 3 is 2.70 bits per heavy atom. The van der Waals surface area contributed by atoms with Crippen LogP contribution in [-0.2, 0) is 6.42 Å². The molecule has 2 N–H and O–H groups in total. The van der Waals surface area contributed by atoms with Gasteiger partial charge in [-0.3, -0.25) is 0 Å². The molecular weight excluding hydrogens is 268 g/mol. The summed E-state index contributed by atoms with van der Waals surface area (Å²) in [5.74, 6) is 0.786. The molecule has 1 heterocycles. The highest BCUT2D eigenvalue weighted by molar-refractivity contribution is 7.11. The summed E-state index contributed by atoms with van der Waals surface area (Å²) in [4.78, 5) is 5.85. The minimum Gasteiger partial charge on any atom is -0.491 e. The van der Waals surface area contributed by atoms with Gasteiger partial charge in [-0.05, 0) is 38.0 Å². The maximum Gasteiger partial charge on any atom is 0.142 e. The van der Waals surface area contributed by atoms with Crippen LogP contribution in [0.15, 0.2) is 18.2 Å². The fourth-order valence-corrected chi connectivity index (χ4v) is 2.92. The molecule has 1 aromatic carbocycles. The number of thiazole rings is 1. The SMILES string of the molecule is CCCCOc1ccc(Cc2nc(C)c(C)s2)cc1N. The van der Waals surface area contributed by atoms with Gasteiger partial charge in [0.25, 0.3) is 0 Å². The first-order valence-corrected chi connectivity index (χ1v) is 7.86. The highest BCUT2D eigenvalue weighted by Crippen LogP contribution is 2.25. The van der Waals surface area contributed by atoms with Crippen LogP contribution in [0.3, 0.4) is 0 Å². The van der Waals surface area contributed by atoms with E-state index < -0.39 is 0 Å². The average Bonchev–Trinajstić information content (AvgIpc) is 2.71. The molecule has 0 saturated heterocycles. The van der Waals surface area contributed by atoms with Gasteiger partial charge in [0.05, 0.1) is 23.0 Å². The molecule has 0 aliphatic rings. The second kappa shape index (κ2) is 6.75. The number of nitrogens with two attached hydrogens (primary N) is 1. The number of unbranched alkanes of at least 4 members (excludes halogenated alkanes) is 1. The lowest BCUT2D eigenvalue weighted by Gasteiger charge is -2.09. The van der Waals surface area contributed by atoms with E-state index >= 15 is 0 Å². The Kier molecular flexibility index (Phi) is 5.01. The Balaban J connectivity index is 2.04. The lowest BCUT2D eigenvalue weighted by atomic mass is 10.1. The number of nitrogens with zero attached hydrogens (tertiary/aromatic N) is 1. The van der Waals surface area contributed by atoms with Crippen molar-refractivity contribution in [2.75, 3.05) is 12.3 Å². The molecule has 0 unspecified atom stereocenters. The summed E-state index contributed by atoms with van der Waals surface area (Å²) in [7, 11) is 0. The van der Waals surface area contributed by atoms with Crippen molar-refractivity contribution in [1.29, 1.82) is 0 Å². The topological polar surface area (TPSA) is 48.1 Å². The van der Waals surface area contributed by atoms with Crippen molar-refractivity contribution in [2.45, 2.75) is 40.0 Å². The normalized spacial score (nSPS) is 10.8. The van der Waals surface area contributed by atoms with E-state index in [0.717, 1.165) is 42.3 Å². The van der Waals surface area contributed by atoms with Crippen molar-refractivity contribution in [3.8, 4) is 5.75 Å². The Morgan fingerprint density at radius 2 is 2.10 bits per heavy atom. The van der Waals surface area contributed by atoms with E-state index in [0.29, 0.717) is 5.69 Å². The van der Waals surface area contributed by atoms with Gasteiger partial charge in [0, 0.05) is 11.3 Å². The van der Waals surface area contributed by atoms with Crippen molar-refractivity contribution in [2.24, 2.45) is 0 Å². The number of anilines is 1. The molecule has 0 saturated carbocycles. The zero-order valence-corrected chi connectivity index (χ0v) is 13.2. The molecule has 0 atom stereocenters. The number of aromatic nitrogens is 1. The van der Waals surface area contributed by atoms with Crippen LogP contribution >= 0.6 is 11.3 Å². The van der Waals surface area contributed by atoms with Crippen LogP contribution in [0.5, 0.6) is 5.75 Å². The maximum atomic E-state index is 6.05. The molecule has 0 fully saturated rings. The van der Waals surface area contributed by atoms with Crippen molar-refractivity contribution >= 4 is 17.0 Å². The number of ether oxygens (including phenoxy) is 1. The van der Waals surface area contributed by atoms with Gasteiger partial charge in [-0.15, -0.1) is 11.3 Å². The third kappa shape index (κ3) is 3.73. The lowest BCUT2D eigenvalue weighted by Crippen LogP contribution is -2.00. The summed E-state index contributed by atoms with van der Waals surface area (Å²) in [6, 6.07) is 6.03. The smallest absolute Gasteiger partial charge is 0.142 e. The lowest BCUT2D eigenvalue weighted by molar-refractivity contribution is 0.311. The second-order valence-corrected chi connectivity index (χ2v) is 6.29. The summed E-state index contributed by atoms with van der Waals surface area (Å²) >= 11 is 1.75. The predicted molar refractivity (Wildman–Crippen MR) is 85.7 cm³/mol. The highest BCUT2D eigenvalue weighted by atomic mass is 32.1. The molecule has 0 aliphatic carbocycles. The van der Waals surface area contributed by atoms with E-state index in [2.05, 4.69) is 24.9 Å². The Hall–Kier alpha value is -1.55. The van der Waals surface area contributed by atoms with Gasteiger partial charge in [0.15, 0.2) is 0 Å². The standard InChI is InChI=1S/C16H22N2OS/c1-4-5-8-19-15-7-6-13(9-14(15)17)10-16-18-11(2)12(3)20-16/h6-7,9H,4-5,8,10,17H2,1-3H3. The van der Waals surface area contributed by atoms with E-state index in [4.69, 9.17) is 10.5 Å². The summed E-state index contributed by atoms with van der Waals surface area (Å²) in [5, 5.41) is 1.14. The van der Waals surface area contributed by atoms with E-state index in [1.807, 2.05) is 19.1 Å². The van der Waals surface area contributed by atoms with Crippen LogP contribution < -0.4 is 10.5 Å². The minimum absolute atomic E-state index is 0.712. The third-order valence-corrected chi connectivity index (χ3v) is 4.33. The van der Waals surface area contributed by atoms with Crippen LogP contribution in [-0.4, -0.2) is 11.6 Å². The molecule has 1 aromatic heterocycles. The molecule has 2 rings (SSSR count). The zero-order chi connectivity index (χ0) is 14.5. The largest absolute Gasteiger partial charge is 0.491 e. The molecule has 0 aliphatic heterocycles. The van der Waals surface area contributed by atoms with Gasteiger partial charge >= 0.3 is 0 Å². The van der Waals surface area contributed by atoms with Gasteiger partial charge in [-0.25, -0.2) is 4.98 Å². The molecule has 108 valence electrons. The van der Waals surface area contributed by atoms with E-state index in [1.54, 1.807) is 11.3 Å². The molecule has 0 amide bonds. The molecule has 3 nitrogen and oxygen atoms in total. The van der Waals surface area contributed by atoms with E-state index in [9.17, 15) is 0 Å². The molecule has 0 radical (unpaired) electrons. The summed E-state index contributed by atoms with van der Waals surface area (Å²) in [6.45, 7) is 7.03. The van der Waals surface area contributed by atoms with Crippen molar-refractivity contribution in [3.63, 3.8) is 0 Å². The molecular formula is C16H22N2OS. The van der Waals surface area contributed by atoms with Crippen LogP contribution in [0.2, 0.25) is 0 Å². The maximum absolute atomic E-state index is 6.05. The first-order chi connectivity index (χ1) is 9.60. The van der Waals surface area contributed by atoms with Gasteiger partial charge in [0.1, 0.15) is 5.75 Å². The quantitative estimate of drug-likeness (QED) is 0.643. The number of benzene rings is 1. The fourth-order valence-electron chi connectivity index (χ4n) is 1.96. The van der Waals surface area contributed by atoms with Crippen LogP contribution in [0.25, 0.3) is 0 Å². The number of nitrogen functional groups attached to an aromatic ring is 1. The van der Waals surface area contributed by atoms with Crippen LogP contribution in [0, 0.1) is 13.8 Å². The van der Waals surface area contributed by atoms with Crippen LogP contribution in [0.1, 0.15) is 40.9 Å². The second-order valence-electron chi connectivity index (χ2n) is 5.00. The Morgan fingerprint density at radius 1 is 1.30 bits per heavy atom. The minimum atomic E-state index is 0.712. The van der Waals surface area contributed by atoms with Gasteiger partial charge in [0.2, 0.25) is 0 Å². The summed E-state index contributed by atoms with van der Waals surface area (Å²) < 4.78 is 5.67. The van der Waals surface area contributed by atoms with Crippen LogP contribution in [0.4, 0.5) is 5.69 Å². The summed E-state index contributed by atoms with van der Waals surface area (Å²) in [6.07, 6.45) is 3.01. The zero-order valence-electron chi connectivity index (χ0n) is 12.4. The van der Waals surface area contributed by atoms with Crippen molar-refractivity contribution in [1.82, 2.24) is 4.98 Å². The molecule has 20 heavy (non-hydrogen) atoms. The average molecular weight is 290 g/mol. The number of hydrogen-bond acceptors (Lipinski definition) is 4.